The standard InChI is InChI=1S/C25H32Cl2O3/c1-4-23(18(3)28)24(20-14-10-7-11-15-20,16-19-12-8-6-9-13-19)25(23,17-21(26)27)22(29)30-5-2/h6,8-9,12-13,17,20H,4-5,7,10-11,14-16H2,1-3H3. The molecule has 5 heteroatoms. The Morgan fingerprint density at radius 1 is 1.10 bits per heavy atom. The molecule has 2 aliphatic rings. The van der Waals surface area contributed by atoms with Gasteiger partial charge in [-0.05, 0) is 57.1 Å². The van der Waals surface area contributed by atoms with E-state index < -0.39 is 16.2 Å². The van der Waals surface area contributed by atoms with Gasteiger partial charge in [-0.1, -0.05) is 79.7 Å². The number of carbonyl (C=O) groups is 2. The Morgan fingerprint density at radius 3 is 2.23 bits per heavy atom. The lowest BCUT2D eigenvalue weighted by atomic mass is 9.68. The van der Waals surface area contributed by atoms with Gasteiger partial charge in [-0.25, -0.2) is 0 Å². The van der Waals surface area contributed by atoms with Gasteiger partial charge in [0, 0.05) is 5.41 Å². The van der Waals surface area contributed by atoms with Gasteiger partial charge in [0.1, 0.15) is 15.7 Å². The molecule has 2 fully saturated rings. The van der Waals surface area contributed by atoms with Crippen LogP contribution in [-0.2, 0) is 20.7 Å². The van der Waals surface area contributed by atoms with Gasteiger partial charge in [0.15, 0.2) is 0 Å². The van der Waals surface area contributed by atoms with Crippen molar-refractivity contribution in [2.24, 2.45) is 22.2 Å². The normalized spacial score (nSPS) is 31.1. The number of carbonyl (C=O) groups excluding carboxylic acids is 2. The Labute approximate surface area is 190 Å². The molecule has 2 saturated carbocycles. The van der Waals surface area contributed by atoms with Crippen LogP contribution in [0.5, 0.6) is 0 Å². The van der Waals surface area contributed by atoms with Crippen molar-refractivity contribution in [2.45, 2.75) is 65.7 Å². The first kappa shape index (κ1) is 23.3. The van der Waals surface area contributed by atoms with Crippen LogP contribution in [0.4, 0.5) is 0 Å². The number of rotatable bonds is 8. The predicted molar refractivity (Wildman–Crippen MR) is 121 cm³/mol. The van der Waals surface area contributed by atoms with Crippen LogP contribution in [0.15, 0.2) is 40.9 Å². The van der Waals surface area contributed by atoms with Gasteiger partial charge < -0.3 is 4.74 Å². The number of ether oxygens (including phenoxy) is 1. The van der Waals surface area contributed by atoms with Gasteiger partial charge in [-0.3, -0.25) is 9.59 Å². The first-order valence-corrected chi connectivity index (χ1v) is 11.9. The number of Topliss-reactive ketones (excluding diaryl/α,β-unsaturated/α-hetero) is 1. The van der Waals surface area contributed by atoms with Crippen LogP contribution in [0.3, 0.4) is 0 Å². The van der Waals surface area contributed by atoms with Gasteiger partial charge in [0.25, 0.3) is 0 Å². The van der Waals surface area contributed by atoms with Crippen LogP contribution >= 0.6 is 23.2 Å². The molecule has 1 aromatic rings. The maximum absolute atomic E-state index is 13.7. The Balaban J connectivity index is 2.30. The second kappa shape index (κ2) is 9.04. The van der Waals surface area contributed by atoms with Crippen molar-refractivity contribution in [1.29, 1.82) is 0 Å². The molecule has 1 aromatic carbocycles. The second-order valence-corrected chi connectivity index (χ2v) is 9.75. The SMILES string of the molecule is CCOC(=O)C1(C=C(Cl)Cl)C(CC)(C(C)=O)C1(Cc1ccccc1)C1CCCCC1. The fourth-order valence-electron chi connectivity index (χ4n) is 6.88. The highest BCUT2D eigenvalue weighted by Gasteiger charge is 2.91. The van der Waals surface area contributed by atoms with Crippen LogP contribution < -0.4 is 0 Å². The van der Waals surface area contributed by atoms with Crippen molar-refractivity contribution in [3.8, 4) is 0 Å². The third-order valence-electron chi connectivity index (χ3n) is 7.76. The van der Waals surface area contributed by atoms with Gasteiger partial charge >= 0.3 is 5.97 Å². The molecule has 30 heavy (non-hydrogen) atoms. The summed E-state index contributed by atoms with van der Waals surface area (Å²) in [6.07, 6.45) is 8.20. The third kappa shape index (κ3) is 3.24. The summed E-state index contributed by atoms with van der Waals surface area (Å²) in [5.41, 5.74) is -1.50. The molecule has 0 heterocycles. The Kier molecular flexibility index (Phi) is 7.04. The lowest BCUT2D eigenvalue weighted by molar-refractivity contribution is -0.151. The van der Waals surface area contributed by atoms with E-state index in [4.69, 9.17) is 27.9 Å². The van der Waals surface area contributed by atoms with Crippen molar-refractivity contribution in [2.75, 3.05) is 6.61 Å². The van der Waals surface area contributed by atoms with Crippen molar-refractivity contribution in [3.05, 3.63) is 46.5 Å². The number of esters is 1. The molecule has 0 aliphatic heterocycles. The van der Waals surface area contributed by atoms with Crippen LogP contribution in [-0.4, -0.2) is 18.4 Å². The highest BCUT2D eigenvalue weighted by Crippen LogP contribution is 2.86. The minimum absolute atomic E-state index is 0.0189. The Morgan fingerprint density at radius 2 is 1.73 bits per heavy atom. The van der Waals surface area contributed by atoms with Crippen molar-refractivity contribution in [1.82, 2.24) is 0 Å². The largest absolute Gasteiger partial charge is 0.465 e. The molecular weight excluding hydrogens is 419 g/mol. The van der Waals surface area contributed by atoms with E-state index in [0.717, 1.165) is 31.2 Å². The zero-order valence-electron chi connectivity index (χ0n) is 18.2. The zero-order chi connectivity index (χ0) is 22.0. The quantitative estimate of drug-likeness (QED) is 0.415. The highest BCUT2D eigenvalue weighted by atomic mass is 35.5. The fourth-order valence-corrected chi connectivity index (χ4v) is 7.21. The Bertz CT molecular complexity index is 811. The average Bonchev–Trinajstić information content (AvgIpc) is 3.26. The molecule has 0 spiro atoms. The molecule has 2 aliphatic carbocycles. The minimum Gasteiger partial charge on any atom is -0.465 e. The number of benzene rings is 1. The van der Waals surface area contributed by atoms with Crippen molar-refractivity contribution >= 4 is 35.0 Å². The first-order chi connectivity index (χ1) is 14.3. The van der Waals surface area contributed by atoms with E-state index in [1.165, 1.54) is 6.42 Å². The van der Waals surface area contributed by atoms with Gasteiger partial charge in [0.05, 0.1) is 12.0 Å². The molecule has 3 unspecified atom stereocenters. The van der Waals surface area contributed by atoms with E-state index in [-0.39, 0.29) is 28.8 Å². The number of hydrogen-bond acceptors (Lipinski definition) is 3. The highest BCUT2D eigenvalue weighted by molar-refractivity contribution is 6.56. The summed E-state index contributed by atoms with van der Waals surface area (Å²) in [5, 5.41) is 0. The molecule has 0 radical (unpaired) electrons. The molecular formula is C25H32Cl2O3. The molecule has 3 atom stereocenters. The molecule has 0 bridgehead atoms. The molecule has 0 amide bonds. The van der Waals surface area contributed by atoms with E-state index in [2.05, 4.69) is 12.1 Å². The minimum atomic E-state index is -1.15. The zero-order valence-corrected chi connectivity index (χ0v) is 19.7. The van der Waals surface area contributed by atoms with E-state index in [1.54, 1.807) is 19.9 Å². The van der Waals surface area contributed by atoms with E-state index in [9.17, 15) is 9.59 Å². The summed E-state index contributed by atoms with van der Waals surface area (Å²) in [6, 6.07) is 10.1. The Hall–Kier alpha value is -1.32. The lowest BCUT2D eigenvalue weighted by Crippen LogP contribution is -2.33. The van der Waals surface area contributed by atoms with Crippen LogP contribution in [0, 0.1) is 22.2 Å². The summed E-state index contributed by atoms with van der Waals surface area (Å²) in [7, 11) is 0. The van der Waals surface area contributed by atoms with Gasteiger partial charge in [-0.2, -0.15) is 0 Å². The summed E-state index contributed by atoms with van der Waals surface area (Å²) >= 11 is 12.4. The van der Waals surface area contributed by atoms with Crippen LogP contribution in [0.1, 0.15) is 64.9 Å². The van der Waals surface area contributed by atoms with Crippen molar-refractivity contribution < 1.29 is 14.3 Å². The second-order valence-electron chi connectivity index (χ2n) is 8.75. The van der Waals surface area contributed by atoms with Gasteiger partial charge in [0.2, 0.25) is 0 Å². The number of ketones is 1. The maximum Gasteiger partial charge on any atom is 0.317 e. The molecule has 3 rings (SSSR count). The predicted octanol–water partition coefficient (Wildman–Crippen LogP) is 6.66. The average molecular weight is 451 g/mol. The molecule has 3 nitrogen and oxygen atoms in total. The molecule has 0 saturated heterocycles. The summed E-state index contributed by atoms with van der Waals surface area (Å²) < 4.78 is 5.63. The van der Waals surface area contributed by atoms with E-state index in [1.807, 2.05) is 25.1 Å². The van der Waals surface area contributed by atoms with Gasteiger partial charge in [-0.15, -0.1) is 0 Å². The van der Waals surface area contributed by atoms with Crippen LogP contribution in [0.25, 0.3) is 0 Å². The number of halogens is 2. The monoisotopic (exact) mass is 450 g/mol. The molecule has 0 aromatic heterocycles. The number of hydrogen-bond donors (Lipinski definition) is 0. The topological polar surface area (TPSA) is 43.4 Å². The van der Waals surface area contributed by atoms with Crippen molar-refractivity contribution in [3.63, 3.8) is 0 Å². The smallest absolute Gasteiger partial charge is 0.317 e. The third-order valence-corrected chi connectivity index (χ3v) is 7.98. The molecule has 0 N–H and O–H groups in total. The van der Waals surface area contributed by atoms with E-state index in [0.29, 0.717) is 12.8 Å². The maximum atomic E-state index is 13.7. The summed E-state index contributed by atoms with van der Waals surface area (Å²) in [4.78, 5) is 27.0. The lowest BCUT2D eigenvalue weighted by Gasteiger charge is -2.35. The molecule has 164 valence electrons. The van der Waals surface area contributed by atoms with E-state index >= 15 is 0 Å². The van der Waals surface area contributed by atoms with Crippen LogP contribution in [0.2, 0.25) is 0 Å². The summed E-state index contributed by atoms with van der Waals surface area (Å²) in [5.74, 6) is -0.128. The first-order valence-electron chi connectivity index (χ1n) is 11.1. The fraction of sp³-hybridized carbons (Fsp3) is 0.600. The summed E-state index contributed by atoms with van der Waals surface area (Å²) in [6.45, 7) is 5.66.